The first-order valence-corrected chi connectivity index (χ1v) is 12.5. The van der Waals surface area contributed by atoms with E-state index in [4.69, 9.17) is 0 Å². The Balaban J connectivity index is 1.59. The van der Waals surface area contributed by atoms with Crippen LogP contribution in [0, 0.1) is 5.92 Å². The first kappa shape index (κ1) is 23.6. The van der Waals surface area contributed by atoms with E-state index >= 15 is 0 Å². The van der Waals surface area contributed by atoms with Crippen LogP contribution in [-0.4, -0.2) is 61.4 Å². The molecular weight excluding hydrogens is 456 g/mol. The molecule has 1 atom stereocenters. The van der Waals surface area contributed by atoms with Crippen LogP contribution >= 0.6 is 0 Å². The lowest BCUT2D eigenvalue weighted by Gasteiger charge is -2.28. The Labute approximate surface area is 198 Å². The summed E-state index contributed by atoms with van der Waals surface area (Å²) in [5.74, 6) is -1.51. The number of carbonyl (C=O) groups excluding carboxylic acids is 3. The van der Waals surface area contributed by atoms with Crippen molar-refractivity contribution in [2.24, 2.45) is 10.3 Å². The lowest BCUT2D eigenvalue weighted by atomic mass is 10.0. The van der Waals surface area contributed by atoms with Gasteiger partial charge in [0.2, 0.25) is 5.91 Å². The predicted octanol–water partition coefficient (Wildman–Crippen LogP) is 2.76. The average molecular weight is 483 g/mol. The molecule has 3 amide bonds. The van der Waals surface area contributed by atoms with Gasteiger partial charge in [-0.2, -0.15) is 8.42 Å². The summed E-state index contributed by atoms with van der Waals surface area (Å²) in [4.78, 5) is 41.8. The predicted molar refractivity (Wildman–Crippen MR) is 127 cm³/mol. The van der Waals surface area contributed by atoms with Crippen molar-refractivity contribution in [3.8, 4) is 0 Å². The molecule has 2 aliphatic heterocycles. The second-order valence-corrected chi connectivity index (χ2v) is 10.3. The van der Waals surface area contributed by atoms with Gasteiger partial charge in [-0.05, 0) is 42.7 Å². The number of rotatable bonds is 6. The van der Waals surface area contributed by atoms with Gasteiger partial charge < -0.3 is 10.2 Å². The summed E-state index contributed by atoms with van der Waals surface area (Å²) in [6, 6.07) is 11.2. The molecule has 9 nitrogen and oxygen atoms in total. The van der Waals surface area contributed by atoms with Crippen LogP contribution in [0.3, 0.4) is 0 Å². The first-order valence-electron chi connectivity index (χ1n) is 11.0. The fourth-order valence-electron chi connectivity index (χ4n) is 4.23. The molecule has 0 radical (unpaired) electrons. The van der Waals surface area contributed by atoms with Crippen LogP contribution in [0.25, 0.3) is 0 Å². The van der Waals surface area contributed by atoms with Crippen LogP contribution in [0.1, 0.15) is 47.4 Å². The standard InChI is InChI=1S/C24H26N4O5S/c1-15(2)21(28-23(30)18-10-4-5-11-19(18)24(28)31)22(29)25-16-8-6-9-17(14-16)34(32,33)26-20-12-7-13-27(20)3/h4-6,8-11,14-15,21H,7,12-13H2,1-3H3,(H,25,29)/b26-20-. The molecule has 2 aromatic carbocycles. The van der Waals surface area contributed by atoms with E-state index in [1.807, 2.05) is 0 Å². The molecule has 4 rings (SSSR count). The van der Waals surface area contributed by atoms with Crippen molar-refractivity contribution in [2.75, 3.05) is 18.9 Å². The molecule has 1 unspecified atom stereocenters. The van der Waals surface area contributed by atoms with E-state index in [1.54, 1.807) is 56.1 Å². The van der Waals surface area contributed by atoms with E-state index in [0.29, 0.717) is 12.3 Å². The molecule has 2 aliphatic rings. The van der Waals surface area contributed by atoms with Crippen molar-refractivity contribution in [3.63, 3.8) is 0 Å². The molecule has 10 heteroatoms. The number of anilines is 1. The van der Waals surface area contributed by atoms with Crippen molar-refractivity contribution >= 4 is 39.3 Å². The highest BCUT2D eigenvalue weighted by Crippen LogP contribution is 2.28. The molecule has 0 spiro atoms. The minimum atomic E-state index is -3.96. The van der Waals surface area contributed by atoms with E-state index in [1.165, 1.54) is 18.2 Å². The van der Waals surface area contributed by atoms with Gasteiger partial charge in [-0.25, -0.2) is 0 Å². The summed E-state index contributed by atoms with van der Waals surface area (Å²) in [5, 5.41) is 2.67. The van der Waals surface area contributed by atoms with Crippen molar-refractivity contribution < 1.29 is 22.8 Å². The lowest BCUT2D eigenvalue weighted by molar-refractivity contribution is -0.121. The highest BCUT2D eigenvalue weighted by Gasteiger charge is 2.43. The fraction of sp³-hybridized carbons (Fsp3) is 0.333. The Hall–Kier alpha value is -3.53. The van der Waals surface area contributed by atoms with Gasteiger partial charge in [0.05, 0.1) is 16.0 Å². The summed E-state index contributed by atoms with van der Waals surface area (Å²) < 4.78 is 29.6. The highest BCUT2D eigenvalue weighted by molar-refractivity contribution is 7.90. The Morgan fingerprint density at radius 1 is 1.03 bits per heavy atom. The Kier molecular flexibility index (Phi) is 6.26. The van der Waals surface area contributed by atoms with Crippen molar-refractivity contribution in [3.05, 3.63) is 59.7 Å². The fourth-order valence-corrected chi connectivity index (χ4v) is 5.37. The molecule has 34 heavy (non-hydrogen) atoms. The summed E-state index contributed by atoms with van der Waals surface area (Å²) in [5.41, 5.74) is 0.748. The zero-order valence-corrected chi connectivity index (χ0v) is 20.0. The summed E-state index contributed by atoms with van der Waals surface area (Å²) in [6.07, 6.45) is 1.43. The minimum absolute atomic E-state index is 0.0556. The maximum Gasteiger partial charge on any atom is 0.284 e. The number of carbonyl (C=O) groups is 3. The minimum Gasteiger partial charge on any atom is -0.362 e. The number of imide groups is 1. The van der Waals surface area contributed by atoms with Gasteiger partial charge in [0.15, 0.2) is 0 Å². The van der Waals surface area contributed by atoms with Crippen LogP contribution in [-0.2, 0) is 14.8 Å². The average Bonchev–Trinajstić information content (AvgIpc) is 3.29. The monoisotopic (exact) mass is 482 g/mol. The number of hydrogen-bond acceptors (Lipinski definition) is 5. The van der Waals surface area contributed by atoms with Gasteiger partial charge in [-0.1, -0.05) is 32.0 Å². The van der Waals surface area contributed by atoms with E-state index in [-0.39, 0.29) is 27.6 Å². The van der Waals surface area contributed by atoms with Gasteiger partial charge in [0, 0.05) is 25.7 Å². The van der Waals surface area contributed by atoms with Crippen molar-refractivity contribution in [2.45, 2.75) is 37.6 Å². The van der Waals surface area contributed by atoms with Crippen molar-refractivity contribution in [1.29, 1.82) is 0 Å². The molecular formula is C24H26N4O5S. The van der Waals surface area contributed by atoms with Gasteiger partial charge in [-0.3, -0.25) is 19.3 Å². The number of benzene rings is 2. The third kappa shape index (κ3) is 4.33. The largest absolute Gasteiger partial charge is 0.362 e. The van der Waals surface area contributed by atoms with Gasteiger partial charge in [0.1, 0.15) is 11.9 Å². The second kappa shape index (κ2) is 9.02. The SMILES string of the molecule is CC(C)C(C(=O)Nc1cccc(S(=O)(=O)/N=C2/CCCN2C)c1)N1C(=O)c2ccccc2C1=O. The zero-order valence-electron chi connectivity index (χ0n) is 19.2. The number of nitrogens with one attached hydrogen (secondary N) is 1. The quantitative estimate of drug-likeness (QED) is 0.633. The molecule has 2 aromatic rings. The maximum atomic E-state index is 13.2. The van der Waals surface area contributed by atoms with Gasteiger partial charge in [-0.15, -0.1) is 4.40 Å². The number of sulfonamides is 1. The molecule has 1 fully saturated rings. The summed E-state index contributed by atoms with van der Waals surface area (Å²) >= 11 is 0. The van der Waals surface area contributed by atoms with Crippen molar-refractivity contribution in [1.82, 2.24) is 9.80 Å². The molecule has 178 valence electrons. The van der Waals surface area contributed by atoms with E-state index in [9.17, 15) is 22.8 Å². The number of amidine groups is 1. The Morgan fingerprint density at radius 2 is 1.68 bits per heavy atom. The van der Waals surface area contributed by atoms with Gasteiger partial charge >= 0.3 is 0 Å². The number of fused-ring (bicyclic) bond motifs is 1. The van der Waals surface area contributed by atoms with Crippen LogP contribution in [0.4, 0.5) is 5.69 Å². The van der Waals surface area contributed by atoms with Crippen LogP contribution < -0.4 is 5.32 Å². The smallest absolute Gasteiger partial charge is 0.284 e. The van der Waals surface area contributed by atoms with Crippen LogP contribution in [0.2, 0.25) is 0 Å². The third-order valence-corrected chi connectivity index (χ3v) is 7.26. The van der Waals surface area contributed by atoms with Crippen LogP contribution in [0.5, 0.6) is 0 Å². The molecule has 0 bridgehead atoms. The number of nitrogens with zero attached hydrogens (tertiary/aromatic N) is 3. The maximum absolute atomic E-state index is 13.2. The number of hydrogen-bond donors (Lipinski definition) is 1. The molecule has 0 aliphatic carbocycles. The molecule has 1 saturated heterocycles. The Morgan fingerprint density at radius 3 is 2.24 bits per heavy atom. The number of amides is 3. The summed E-state index contributed by atoms with van der Waals surface area (Å²) in [6.45, 7) is 4.23. The topological polar surface area (TPSA) is 116 Å². The van der Waals surface area contributed by atoms with E-state index in [2.05, 4.69) is 9.71 Å². The second-order valence-electron chi connectivity index (χ2n) is 8.74. The first-order chi connectivity index (χ1) is 16.1. The summed E-state index contributed by atoms with van der Waals surface area (Å²) in [7, 11) is -2.17. The van der Waals surface area contributed by atoms with E-state index in [0.717, 1.165) is 17.9 Å². The zero-order chi connectivity index (χ0) is 24.6. The normalized spacial score (nSPS) is 18.1. The Bertz CT molecular complexity index is 1270. The number of likely N-dealkylation sites (tertiary alicyclic amines) is 1. The molecule has 0 saturated carbocycles. The van der Waals surface area contributed by atoms with Gasteiger partial charge in [0.25, 0.3) is 21.8 Å². The molecule has 0 aromatic heterocycles. The van der Waals surface area contributed by atoms with E-state index < -0.39 is 33.8 Å². The highest BCUT2D eigenvalue weighted by atomic mass is 32.2. The van der Waals surface area contributed by atoms with Crippen LogP contribution in [0.15, 0.2) is 57.8 Å². The molecule has 1 N–H and O–H groups in total. The molecule has 2 heterocycles. The lowest BCUT2D eigenvalue weighted by Crippen LogP contribution is -2.50. The third-order valence-electron chi connectivity index (χ3n) is 5.96.